The molecule has 1 aromatic carbocycles. The molecule has 2 saturated carbocycles. The van der Waals surface area contributed by atoms with Crippen molar-refractivity contribution >= 4 is 17.0 Å². The Hall–Kier alpha value is -2.21. The molecule has 2 aliphatic heterocycles. The summed E-state index contributed by atoms with van der Waals surface area (Å²) in [6.07, 6.45) is 12.9. The Morgan fingerprint density at radius 3 is 2.24 bits per heavy atom. The molecule has 33 heavy (non-hydrogen) atoms. The van der Waals surface area contributed by atoms with Crippen molar-refractivity contribution in [1.82, 2.24) is 14.5 Å². The maximum atomic E-state index is 13.6. The van der Waals surface area contributed by atoms with Crippen LogP contribution in [0.1, 0.15) is 87.7 Å². The molecular formula is C27H35N3O3. The molecule has 2 aromatic rings. The Kier molecular flexibility index (Phi) is 5.52. The van der Waals surface area contributed by atoms with E-state index in [0.717, 1.165) is 36.2 Å². The summed E-state index contributed by atoms with van der Waals surface area (Å²) in [5.41, 5.74) is 1.16. The molecule has 4 bridgehead atoms. The van der Waals surface area contributed by atoms with Crippen LogP contribution >= 0.6 is 0 Å². The number of nitrogens with zero attached hydrogens (tertiary/aromatic N) is 3. The van der Waals surface area contributed by atoms with Gasteiger partial charge in [-0.1, -0.05) is 25.0 Å². The zero-order valence-corrected chi connectivity index (χ0v) is 19.6. The minimum Gasteiger partial charge on any atom is -0.461 e. The number of piperidine rings is 1. The maximum Gasteiger partial charge on any atom is 0.362 e. The molecule has 2 atom stereocenters. The number of carbonyl (C=O) groups is 1. The summed E-state index contributed by atoms with van der Waals surface area (Å²) in [4.78, 5) is 33.4. The standard InChI is InChI=1S/C27H35N3O3/c1-2-33-27(32)24-26(31)30(23-12-4-3-11-22(23)28-24)21-15-19-13-14-20(16-21)29(19)25-17-7-5-8-18(25)10-6-9-17/h3-4,11-12,17-21,25H,2,5-10,13-16H2,1H3. The van der Waals surface area contributed by atoms with E-state index >= 15 is 0 Å². The molecule has 6 heteroatoms. The highest BCUT2D eigenvalue weighted by Crippen LogP contribution is 2.50. The number of ether oxygens (including phenoxy) is 1. The molecule has 3 heterocycles. The van der Waals surface area contributed by atoms with E-state index in [1.54, 1.807) is 6.92 Å². The average Bonchev–Trinajstić information content (AvgIpc) is 3.07. The van der Waals surface area contributed by atoms with E-state index in [2.05, 4.69) is 9.88 Å². The number of carbonyl (C=O) groups excluding carboxylic acids is 1. The third-order valence-electron chi connectivity index (χ3n) is 9.00. The largest absolute Gasteiger partial charge is 0.461 e. The lowest BCUT2D eigenvalue weighted by Gasteiger charge is -2.53. The van der Waals surface area contributed by atoms with E-state index < -0.39 is 5.97 Å². The van der Waals surface area contributed by atoms with Gasteiger partial charge in [-0.05, 0) is 82.3 Å². The zero-order chi connectivity index (χ0) is 22.5. The zero-order valence-electron chi connectivity index (χ0n) is 19.6. The van der Waals surface area contributed by atoms with Crippen molar-refractivity contribution in [3.63, 3.8) is 0 Å². The Morgan fingerprint density at radius 2 is 1.61 bits per heavy atom. The van der Waals surface area contributed by atoms with Crippen LogP contribution in [0.3, 0.4) is 0 Å². The molecule has 176 valence electrons. The third-order valence-corrected chi connectivity index (χ3v) is 9.00. The number of benzene rings is 1. The van der Waals surface area contributed by atoms with Gasteiger partial charge in [-0.2, -0.15) is 0 Å². The van der Waals surface area contributed by atoms with Gasteiger partial charge in [0, 0.05) is 24.2 Å². The fourth-order valence-corrected chi connectivity index (χ4v) is 7.86. The van der Waals surface area contributed by atoms with Gasteiger partial charge in [-0.15, -0.1) is 0 Å². The summed E-state index contributed by atoms with van der Waals surface area (Å²) in [7, 11) is 0. The fourth-order valence-electron chi connectivity index (χ4n) is 7.86. The van der Waals surface area contributed by atoms with Crippen LogP contribution in [0.4, 0.5) is 0 Å². The Morgan fingerprint density at radius 1 is 0.970 bits per heavy atom. The van der Waals surface area contributed by atoms with E-state index in [1.807, 2.05) is 28.8 Å². The molecule has 6 rings (SSSR count). The van der Waals surface area contributed by atoms with Gasteiger partial charge in [0.2, 0.25) is 5.69 Å². The van der Waals surface area contributed by atoms with Crippen LogP contribution in [-0.4, -0.2) is 45.2 Å². The number of fused-ring (bicyclic) bond motifs is 6. The van der Waals surface area contributed by atoms with E-state index in [0.29, 0.717) is 17.6 Å². The molecule has 0 radical (unpaired) electrons. The van der Waals surface area contributed by atoms with Gasteiger partial charge in [0.1, 0.15) is 0 Å². The van der Waals surface area contributed by atoms with Crippen molar-refractivity contribution in [3.05, 3.63) is 40.3 Å². The predicted molar refractivity (Wildman–Crippen MR) is 127 cm³/mol. The van der Waals surface area contributed by atoms with Gasteiger partial charge in [0.25, 0.3) is 5.56 Å². The summed E-state index contributed by atoms with van der Waals surface area (Å²) < 4.78 is 7.06. The van der Waals surface area contributed by atoms with Gasteiger partial charge in [0.15, 0.2) is 0 Å². The first-order valence-corrected chi connectivity index (χ1v) is 13.1. The molecule has 4 aliphatic rings. The van der Waals surface area contributed by atoms with Crippen LogP contribution < -0.4 is 5.56 Å². The van der Waals surface area contributed by atoms with Crippen molar-refractivity contribution in [3.8, 4) is 0 Å². The molecule has 0 spiro atoms. The van der Waals surface area contributed by atoms with Crippen LogP contribution in [0.15, 0.2) is 29.1 Å². The molecule has 0 amide bonds. The van der Waals surface area contributed by atoms with E-state index in [9.17, 15) is 9.59 Å². The first-order valence-electron chi connectivity index (χ1n) is 13.1. The number of hydrogen-bond donors (Lipinski definition) is 0. The van der Waals surface area contributed by atoms with Crippen molar-refractivity contribution < 1.29 is 9.53 Å². The van der Waals surface area contributed by atoms with Gasteiger partial charge in [-0.3, -0.25) is 9.69 Å². The quantitative estimate of drug-likeness (QED) is 0.633. The van der Waals surface area contributed by atoms with Crippen LogP contribution in [0.5, 0.6) is 0 Å². The Bertz CT molecular complexity index is 1080. The molecule has 0 N–H and O–H groups in total. The third kappa shape index (κ3) is 3.52. The van der Waals surface area contributed by atoms with E-state index in [4.69, 9.17) is 4.74 Å². The first-order chi connectivity index (χ1) is 16.2. The van der Waals surface area contributed by atoms with Gasteiger partial charge >= 0.3 is 5.97 Å². The van der Waals surface area contributed by atoms with Gasteiger partial charge < -0.3 is 9.30 Å². The summed E-state index contributed by atoms with van der Waals surface area (Å²) in [6.45, 7) is 1.99. The topological polar surface area (TPSA) is 64.4 Å². The Balaban J connectivity index is 1.36. The van der Waals surface area contributed by atoms with E-state index in [-0.39, 0.29) is 23.9 Å². The molecule has 6 nitrogen and oxygen atoms in total. The molecular weight excluding hydrogens is 414 g/mol. The second-order valence-electron chi connectivity index (χ2n) is 10.7. The van der Waals surface area contributed by atoms with E-state index in [1.165, 1.54) is 51.4 Å². The highest BCUT2D eigenvalue weighted by Gasteiger charge is 2.50. The molecule has 1 aromatic heterocycles. The van der Waals surface area contributed by atoms with Gasteiger partial charge in [-0.25, -0.2) is 9.78 Å². The Labute approximate surface area is 195 Å². The van der Waals surface area contributed by atoms with Crippen molar-refractivity contribution in [2.45, 2.75) is 95.3 Å². The van der Waals surface area contributed by atoms with Crippen LogP contribution in [0.25, 0.3) is 11.0 Å². The monoisotopic (exact) mass is 449 g/mol. The van der Waals surface area contributed by atoms with Gasteiger partial charge in [0.05, 0.1) is 17.6 Å². The van der Waals surface area contributed by atoms with Crippen LogP contribution in [0, 0.1) is 11.8 Å². The molecule has 2 unspecified atom stereocenters. The second-order valence-corrected chi connectivity index (χ2v) is 10.7. The minimum absolute atomic E-state index is 0.0767. The highest BCUT2D eigenvalue weighted by atomic mass is 16.5. The molecule has 2 aliphatic carbocycles. The minimum atomic E-state index is -0.613. The van der Waals surface area contributed by atoms with Crippen LogP contribution in [-0.2, 0) is 4.74 Å². The number of aromatic nitrogens is 2. The second kappa shape index (κ2) is 8.53. The number of rotatable bonds is 4. The SMILES string of the molecule is CCOC(=O)c1nc2ccccc2n(C2CC3CCC(C2)N3C2C3CCCC2CCC3)c1=O. The summed E-state index contributed by atoms with van der Waals surface area (Å²) >= 11 is 0. The van der Waals surface area contributed by atoms with Crippen molar-refractivity contribution in [2.24, 2.45) is 11.8 Å². The average molecular weight is 450 g/mol. The lowest BCUT2D eigenvalue weighted by molar-refractivity contribution is -0.0347. The normalized spacial score (nSPS) is 33.8. The fraction of sp³-hybridized carbons (Fsp3) is 0.667. The van der Waals surface area contributed by atoms with Crippen molar-refractivity contribution in [2.75, 3.05) is 6.61 Å². The van der Waals surface area contributed by atoms with Crippen LogP contribution in [0.2, 0.25) is 0 Å². The summed E-state index contributed by atoms with van der Waals surface area (Å²) in [5.74, 6) is 1.13. The number of hydrogen-bond acceptors (Lipinski definition) is 5. The molecule has 4 fully saturated rings. The lowest BCUT2D eigenvalue weighted by Crippen LogP contribution is -2.57. The summed E-state index contributed by atoms with van der Waals surface area (Å²) in [6, 6.07) is 9.68. The number of para-hydroxylation sites is 2. The lowest BCUT2D eigenvalue weighted by atomic mass is 9.67. The maximum absolute atomic E-state index is 13.6. The number of esters is 1. The van der Waals surface area contributed by atoms with Crippen molar-refractivity contribution in [1.29, 1.82) is 0 Å². The first kappa shape index (κ1) is 21.3. The smallest absolute Gasteiger partial charge is 0.362 e. The molecule has 2 saturated heterocycles. The summed E-state index contributed by atoms with van der Waals surface area (Å²) in [5, 5.41) is 0. The highest BCUT2D eigenvalue weighted by molar-refractivity contribution is 5.89. The predicted octanol–water partition coefficient (Wildman–Crippen LogP) is 4.71.